The molecule has 2 heterocycles. The molecule has 4 heteroatoms. The van der Waals surface area contributed by atoms with Crippen molar-refractivity contribution in [1.29, 1.82) is 0 Å². The molecule has 1 unspecified atom stereocenters. The minimum Gasteiger partial charge on any atom is -0.466 e. The van der Waals surface area contributed by atoms with E-state index in [1.807, 2.05) is 37.5 Å². The van der Waals surface area contributed by atoms with Gasteiger partial charge in [-0.25, -0.2) is 0 Å². The lowest BCUT2D eigenvalue weighted by Gasteiger charge is -2.17. The second kappa shape index (κ2) is 6.43. The molecule has 22 heavy (non-hydrogen) atoms. The van der Waals surface area contributed by atoms with Crippen LogP contribution in [0, 0.1) is 0 Å². The molecule has 1 N–H and O–H groups in total. The van der Waals surface area contributed by atoms with Gasteiger partial charge in [-0.1, -0.05) is 18.2 Å². The number of nitrogens with one attached hydrogen (secondary N) is 1. The first-order valence-electron chi connectivity index (χ1n) is 7.40. The van der Waals surface area contributed by atoms with Crippen LogP contribution in [-0.2, 0) is 9.53 Å². The SMILES string of the molecule is CCOC(=O)CC(c1cccnc1)c1ccc2cc[nH]c2c1. The number of rotatable bonds is 5. The van der Waals surface area contributed by atoms with Crippen molar-refractivity contribution in [2.75, 3.05) is 6.61 Å². The van der Waals surface area contributed by atoms with Crippen LogP contribution < -0.4 is 0 Å². The quantitative estimate of drug-likeness (QED) is 0.731. The van der Waals surface area contributed by atoms with Gasteiger partial charge < -0.3 is 9.72 Å². The predicted octanol–water partition coefficient (Wildman–Crippen LogP) is 3.65. The van der Waals surface area contributed by atoms with Crippen LogP contribution >= 0.6 is 0 Å². The molecule has 1 atom stereocenters. The molecule has 0 spiro atoms. The normalized spacial score (nSPS) is 12.2. The number of hydrogen-bond acceptors (Lipinski definition) is 3. The van der Waals surface area contributed by atoms with Crippen LogP contribution in [0.5, 0.6) is 0 Å². The fourth-order valence-electron chi connectivity index (χ4n) is 2.68. The molecule has 2 aromatic heterocycles. The van der Waals surface area contributed by atoms with Crippen molar-refractivity contribution in [3.05, 3.63) is 66.1 Å². The van der Waals surface area contributed by atoms with Crippen molar-refractivity contribution in [1.82, 2.24) is 9.97 Å². The smallest absolute Gasteiger partial charge is 0.306 e. The molecule has 3 rings (SSSR count). The monoisotopic (exact) mass is 294 g/mol. The largest absolute Gasteiger partial charge is 0.466 e. The number of H-pyrrole nitrogens is 1. The van der Waals surface area contributed by atoms with Gasteiger partial charge in [0.05, 0.1) is 13.0 Å². The lowest BCUT2D eigenvalue weighted by Crippen LogP contribution is -2.12. The number of aromatic amines is 1. The van der Waals surface area contributed by atoms with Crippen LogP contribution in [0.2, 0.25) is 0 Å². The molecule has 0 saturated heterocycles. The number of carbonyl (C=O) groups is 1. The molecule has 0 radical (unpaired) electrons. The van der Waals surface area contributed by atoms with Gasteiger partial charge in [0.25, 0.3) is 0 Å². The molecule has 4 nitrogen and oxygen atoms in total. The van der Waals surface area contributed by atoms with Crippen molar-refractivity contribution in [2.24, 2.45) is 0 Å². The van der Waals surface area contributed by atoms with Crippen molar-refractivity contribution in [2.45, 2.75) is 19.3 Å². The summed E-state index contributed by atoms with van der Waals surface area (Å²) in [6.45, 7) is 2.22. The first kappa shape index (κ1) is 14.3. The first-order valence-corrected chi connectivity index (χ1v) is 7.40. The number of ether oxygens (including phenoxy) is 1. The van der Waals surface area contributed by atoms with E-state index < -0.39 is 0 Å². The number of fused-ring (bicyclic) bond motifs is 1. The predicted molar refractivity (Wildman–Crippen MR) is 85.6 cm³/mol. The third kappa shape index (κ3) is 3.01. The van der Waals surface area contributed by atoms with Gasteiger partial charge in [-0.15, -0.1) is 0 Å². The van der Waals surface area contributed by atoms with E-state index in [1.54, 1.807) is 6.20 Å². The molecule has 112 valence electrons. The molecule has 0 amide bonds. The second-order valence-corrected chi connectivity index (χ2v) is 5.17. The Labute approximate surface area is 129 Å². The molecule has 0 aliphatic carbocycles. The van der Waals surface area contributed by atoms with Crippen LogP contribution in [0.1, 0.15) is 30.4 Å². The number of esters is 1. The standard InChI is InChI=1S/C18H18N2O2/c1-2-22-18(21)11-16(15-4-3-8-19-12-15)14-6-5-13-7-9-20-17(13)10-14/h3-10,12,16,20H,2,11H2,1H3. The first-order chi connectivity index (χ1) is 10.8. The minimum absolute atomic E-state index is 0.0551. The third-order valence-electron chi connectivity index (χ3n) is 3.74. The summed E-state index contributed by atoms with van der Waals surface area (Å²) in [7, 11) is 0. The summed E-state index contributed by atoms with van der Waals surface area (Å²) >= 11 is 0. The Kier molecular flexibility index (Phi) is 4.19. The molecule has 0 saturated carbocycles. The van der Waals surface area contributed by atoms with E-state index >= 15 is 0 Å². The number of carbonyl (C=O) groups excluding carboxylic acids is 1. The lowest BCUT2D eigenvalue weighted by molar-refractivity contribution is -0.143. The van der Waals surface area contributed by atoms with Gasteiger partial charge in [0.1, 0.15) is 0 Å². The van der Waals surface area contributed by atoms with Crippen molar-refractivity contribution in [3.8, 4) is 0 Å². The van der Waals surface area contributed by atoms with Crippen molar-refractivity contribution < 1.29 is 9.53 Å². The van der Waals surface area contributed by atoms with Gasteiger partial charge in [-0.05, 0) is 41.6 Å². The Morgan fingerprint density at radius 3 is 2.95 bits per heavy atom. The highest BCUT2D eigenvalue weighted by Crippen LogP contribution is 2.30. The summed E-state index contributed by atoms with van der Waals surface area (Å²) in [5, 5.41) is 1.16. The number of hydrogen-bond donors (Lipinski definition) is 1. The highest BCUT2D eigenvalue weighted by atomic mass is 16.5. The molecular weight excluding hydrogens is 276 g/mol. The maximum Gasteiger partial charge on any atom is 0.306 e. The Morgan fingerprint density at radius 2 is 2.18 bits per heavy atom. The van der Waals surface area contributed by atoms with Crippen LogP contribution in [0.3, 0.4) is 0 Å². The average molecular weight is 294 g/mol. The van der Waals surface area contributed by atoms with E-state index in [9.17, 15) is 4.79 Å². The summed E-state index contributed by atoms with van der Waals surface area (Å²) in [4.78, 5) is 19.4. The van der Waals surface area contributed by atoms with Crippen LogP contribution in [0.4, 0.5) is 0 Å². The van der Waals surface area contributed by atoms with Gasteiger partial charge >= 0.3 is 5.97 Å². The van der Waals surface area contributed by atoms with E-state index in [-0.39, 0.29) is 11.9 Å². The molecule has 1 aromatic carbocycles. The highest BCUT2D eigenvalue weighted by Gasteiger charge is 2.19. The molecule has 0 bridgehead atoms. The number of aromatic nitrogens is 2. The lowest BCUT2D eigenvalue weighted by atomic mass is 9.89. The van der Waals surface area contributed by atoms with E-state index in [0.717, 1.165) is 22.0 Å². The fourth-order valence-corrected chi connectivity index (χ4v) is 2.68. The number of pyridine rings is 1. The summed E-state index contributed by atoms with van der Waals surface area (Å²) in [6.07, 6.45) is 5.77. The van der Waals surface area contributed by atoms with Gasteiger partial charge in [-0.3, -0.25) is 9.78 Å². The van der Waals surface area contributed by atoms with Gasteiger partial charge in [0.15, 0.2) is 0 Å². The van der Waals surface area contributed by atoms with E-state index in [1.165, 1.54) is 0 Å². The van der Waals surface area contributed by atoms with Crippen molar-refractivity contribution >= 4 is 16.9 Å². The summed E-state index contributed by atoms with van der Waals surface area (Å²) < 4.78 is 5.12. The molecule has 3 aromatic rings. The maximum atomic E-state index is 12.0. The Bertz CT molecular complexity index is 765. The Hall–Kier alpha value is -2.62. The van der Waals surface area contributed by atoms with Gasteiger partial charge in [0, 0.05) is 30.0 Å². The zero-order valence-electron chi connectivity index (χ0n) is 12.5. The number of nitrogens with zero attached hydrogens (tertiary/aromatic N) is 1. The highest BCUT2D eigenvalue weighted by molar-refractivity contribution is 5.80. The van der Waals surface area contributed by atoms with E-state index in [4.69, 9.17) is 4.74 Å². The summed E-state index contributed by atoms with van der Waals surface area (Å²) in [6, 6.07) is 12.1. The van der Waals surface area contributed by atoms with Gasteiger partial charge in [0.2, 0.25) is 0 Å². The molecule has 0 fully saturated rings. The molecular formula is C18H18N2O2. The zero-order chi connectivity index (χ0) is 15.4. The molecule has 0 aliphatic heterocycles. The van der Waals surface area contributed by atoms with E-state index in [2.05, 4.69) is 28.2 Å². The average Bonchev–Trinajstić information content (AvgIpc) is 3.01. The third-order valence-corrected chi connectivity index (χ3v) is 3.74. The topological polar surface area (TPSA) is 55.0 Å². The zero-order valence-corrected chi connectivity index (χ0v) is 12.5. The summed E-state index contributed by atoms with van der Waals surface area (Å²) in [5.74, 6) is -0.247. The Balaban J connectivity index is 1.98. The van der Waals surface area contributed by atoms with Gasteiger partial charge in [-0.2, -0.15) is 0 Å². The van der Waals surface area contributed by atoms with Crippen molar-refractivity contribution in [3.63, 3.8) is 0 Å². The van der Waals surface area contributed by atoms with Crippen LogP contribution in [-0.4, -0.2) is 22.5 Å². The fraction of sp³-hybridized carbons (Fsp3) is 0.222. The molecule has 0 aliphatic rings. The Morgan fingerprint density at radius 1 is 1.27 bits per heavy atom. The summed E-state index contributed by atoms with van der Waals surface area (Å²) in [5.41, 5.74) is 3.16. The van der Waals surface area contributed by atoms with Crippen LogP contribution in [0.25, 0.3) is 10.9 Å². The maximum absolute atomic E-state index is 12.0. The second-order valence-electron chi connectivity index (χ2n) is 5.17. The van der Waals surface area contributed by atoms with E-state index in [0.29, 0.717) is 13.0 Å². The van der Waals surface area contributed by atoms with Crippen LogP contribution in [0.15, 0.2) is 55.0 Å². The minimum atomic E-state index is -0.192. The number of benzene rings is 1.